The molecule has 2 aromatic rings. The molecule has 0 aliphatic carbocycles. The van der Waals surface area contributed by atoms with Gasteiger partial charge in [-0.05, 0) is 36.4 Å². The number of hydrogen-bond acceptors (Lipinski definition) is 4. The number of halogens is 3. The van der Waals surface area contributed by atoms with Gasteiger partial charge in [-0.3, -0.25) is 4.79 Å². The Morgan fingerprint density at radius 2 is 1.88 bits per heavy atom. The summed E-state index contributed by atoms with van der Waals surface area (Å²) in [5.41, 5.74) is 0.798. The van der Waals surface area contributed by atoms with Crippen molar-refractivity contribution in [2.24, 2.45) is 0 Å². The summed E-state index contributed by atoms with van der Waals surface area (Å²) in [6.45, 7) is 0.894. The number of fused-ring (bicyclic) bond motifs is 3. The minimum atomic E-state index is -4.35. The van der Waals surface area contributed by atoms with Crippen molar-refractivity contribution in [1.29, 1.82) is 0 Å². The SMILES string of the molecule is O=C1C[C@@H]2CN(c3ccc(C(F)(F)F)cc3)c3cccnc3N2C1. The number of nitrogens with zero attached hydrogens (tertiary/aromatic N) is 3. The van der Waals surface area contributed by atoms with Crippen molar-refractivity contribution < 1.29 is 18.0 Å². The van der Waals surface area contributed by atoms with Crippen LogP contribution in [0.25, 0.3) is 0 Å². The van der Waals surface area contributed by atoms with Gasteiger partial charge in [0.15, 0.2) is 11.6 Å². The summed E-state index contributed by atoms with van der Waals surface area (Å²) >= 11 is 0. The molecule has 7 heteroatoms. The second kappa shape index (κ2) is 5.22. The van der Waals surface area contributed by atoms with Crippen LogP contribution in [0.15, 0.2) is 42.6 Å². The molecule has 1 saturated heterocycles. The van der Waals surface area contributed by atoms with Crippen molar-refractivity contribution in [1.82, 2.24) is 4.98 Å². The van der Waals surface area contributed by atoms with E-state index in [1.165, 1.54) is 12.1 Å². The van der Waals surface area contributed by atoms with Gasteiger partial charge in [0.1, 0.15) is 0 Å². The van der Waals surface area contributed by atoms with Crippen LogP contribution in [0.5, 0.6) is 0 Å². The van der Waals surface area contributed by atoms with Gasteiger partial charge in [-0.15, -0.1) is 0 Å². The van der Waals surface area contributed by atoms with E-state index in [1.54, 1.807) is 12.3 Å². The normalized spacial score (nSPS) is 20.1. The Kier molecular flexibility index (Phi) is 3.26. The van der Waals surface area contributed by atoms with Crippen LogP contribution in [0.4, 0.5) is 30.4 Å². The van der Waals surface area contributed by atoms with E-state index in [1.807, 2.05) is 15.9 Å². The summed E-state index contributed by atoms with van der Waals surface area (Å²) in [5, 5.41) is 0. The highest BCUT2D eigenvalue weighted by Gasteiger charge is 2.39. The summed E-state index contributed by atoms with van der Waals surface area (Å²) in [7, 11) is 0. The minimum Gasteiger partial charge on any atom is -0.342 e. The van der Waals surface area contributed by atoms with Gasteiger partial charge in [0.25, 0.3) is 0 Å². The van der Waals surface area contributed by atoms with E-state index >= 15 is 0 Å². The fourth-order valence-corrected chi connectivity index (χ4v) is 3.37. The first-order valence-electron chi connectivity index (χ1n) is 7.61. The number of pyridine rings is 1. The van der Waals surface area contributed by atoms with Gasteiger partial charge in [0, 0.05) is 24.8 Å². The van der Waals surface area contributed by atoms with Gasteiger partial charge >= 0.3 is 6.18 Å². The molecule has 4 nitrogen and oxygen atoms in total. The first-order chi connectivity index (χ1) is 11.4. The van der Waals surface area contributed by atoms with Crippen LogP contribution in [0.1, 0.15) is 12.0 Å². The van der Waals surface area contributed by atoms with Gasteiger partial charge in [-0.2, -0.15) is 13.2 Å². The quantitative estimate of drug-likeness (QED) is 0.801. The lowest BCUT2D eigenvalue weighted by molar-refractivity contribution is -0.137. The summed E-state index contributed by atoms with van der Waals surface area (Å²) in [5.74, 6) is 0.866. The lowest BCUT2D eigenvalue weighted by atomic mass is 10.1. The second-order valence-corrected chi connectivity index (χ2v) is 6.03. The van der Waals surface area contributed by atoms with Crippen LogP contribution in [0.3, 0.4) is 0 Å². The molecule has 0 saturated carbocycles. The van der Waals surface area contributed by atoms with Crippen LogP contribution in [0, 0.1) is 0 Å². The number of anilines is 3. The molecular weight excluding hydrogens is 319 g/mol. The number of ketones is 1. The van der Waals surface area contributed by atoms with Crippen molar-refractivity contribution in [2.75, 3.05) is 22.9 Å². The van der Waals surface area contributed by atoms with E-state index in [0.717, 1.165) is 17.8 Å². The highest BCUT2D eigenvalue weighted by molar-refractivity contribution is 5.91. The molecule has 0 radical (unpaired) electrons. The predicted molar refractivity (Wildman–Crippen MR) is 83.4 cm³/mol. The monoisotopic (exact) mass is 333 g/mol. The largest absolute Gasteiger partial charge is 0.416 e. The van der Waals surface area contributed by atoms with E-state index in [4.69, 9.17) is 0 Å². The average Bonchev–Trinajstić information content (AvgIpc) is 2.94. The Bertz CT molecular complexity index is 788. The van der Waals surface area contributed by atoms with Gasteiger partial charge < -0.3 is 9.80 Å². The van der Waals surface area contributed by atoms with E-state index in [2.05, 4.69) is 4.98 Å². The van der Waals surface area contributed by atoms with E-state index in [9.17, 15) is 18.0 Å². The number of carbonyl (C=O) groups excluding carboxylic acids is 1. The molecule has 1 fully saturated rings. The molecule has 1 aromatic heterocycles. The first-order valence-corrected chi connectivity index (χ1v) is 7.61. The molecule has 2 aliphatic heterocycles. The third kappa shape index (κ3) is 2.40. The molecule has 4 rings (SSSR count). The molecule has 0 bridgehead atoms. The Hall–Kier alpha value is -2.57. The molecule has 2 aliphatic rings. The maximum atomic E-state index is 12.8. The lowest BCUT2D eigenvalue weighted by Crippen LogP contribution is -2.44. The fourth-order valence-electron chi connectivity index (χ4n) is 3.37. The third-order valence-corrected chi connectivity index (χ3v) is 4.48. The van der Waals surface area contributed by atoms with Gasteiger partial charge in [0.2, 0.25) is 0 Å². The smallest absolute Gasteiger partial charge is 0.342 e. The number of aromatic nitrogens is 1. The van der Waals surface area contributed by atoms with Crippen molar-refractivity contribution in [3.8, 4) is 0 Å². The standard InChI is InChI=1S/C17H14F3N3O/c18-17(19,20)11-3-5-12(6-4-11)22-9-13-8-14(24)10-23(13)16-15(22)2-1-7-21-16/h1-7,13H,8-10H2/t13-/m1/s1. The summed E-state index contributed by atoms with van der Waals surface area (Å²) < 4.78 is 38.3. The zero-order valence-electron chi connectivity index (χ0n) is 12.6. The van der Waals surface area contributed by atoms with Gasteiger partial charge in [-0.1, -0.05) is 0 Å². The van der Waals surface area contributed by atoms with Crippen molar-refractivity contribution in [2.45, 2.75) is 18.6 Å². The zero-order chi connectivity index (χ0) is 16.9. The predicted octanol–water partition coefficient (Wildman–Crippen LogP) is 3.40. The average molecular weight is 333 g/mol. The molecule has 1 aromatic carbocycles. The van der Waals surface area contributed by atoms with Crippen LogP contribution >= 0.6 is 0 Å². The Morgan fingerprint density at radius 1 is 1.12 bits per heavy atom. The molecule has 3 heterocycles. The molecule has 1 atom stereocenters. The Morgan fingerprint density at radius 3 is 2.58 bits per heavy atom. The van der Waals surface area contributed by atoms with Crippen molar-refractivity contribution >= 4 is 23.0 Å². The lowest BCUT2D eigenvalue weighted by Gasteiger charge is -2.39. The van der Waals surface area contributed by atoms with Crippen LogP contribution in [-0.4, -0.2) is 29.9 Å². The molecule has 0 N–H and O–H groups in total. The first kappa shape index (κ1) is 15.0. The topological polar surface area (TPSA) is 36.4 Å². The number of carbonyl (C=O) groups is 1. The van der Waals surface area contributed by atoms with Crippen LogP contribution < -0.4 is 9.80 Å². The fraction of sp³-hybridized carbons (Fsp3) is 0.294. The summed E-state index contributed by atoms with van der Waals surface area (Å²) in [4.78, 5) is 20.1. The highest BCUT2D eigenvalue weighted by Crippen LogP contribution is 2.41. The van der Waals surface area contributed by atoms with Crippen molar-refractivity contribution in [3.05, 3.63) is 48.2 Å². The third-order valence-electron chi connectivity index (χ3n) is 4.48. The summed E-state index contributed by atoms with van der Waals surface area (Å²) in [6, 6.07) is 8.75. The molecule has 0 unspecified atom stereocenters. The van der Waals surface area contributed by atoms with Crippen molar-refractivity contribution in [3.63, 3.8) is 0 Å². The molecule has 24 heavy (non-hydrogen) atoms. The molecule has 124 valence electrons. The maximum absolute atomic E-state index is 12.8. The zero-order valence-corrected chi connectivity index (χ0v) is 12.6. The number of Topliss-reactive ketones (excluding diaryl/α,β-unsaturated/α-hetero) is 1. The van der Waals surface area contributed by atoms with Gasteiger partial charge in [0.05, 0.1) is 23.8 Å². The molecule has 0 spiro atoms. The van der Waals surface area contributed by atoms with E-state index < -0.39 is 11.7 Å². The molecule has 0 amide bonds. The maximum Gasteiger partial charge on any atom is 0.416 e. The van der Waals surface area contributed by atoms with E-state index in [0.29, 0.717) is 31.0 Å². The Balaban J connectivity index is 1.73. The van der Waals surface area contributed by atoms with Crippen LogP contribution in [-0.2, 0) is 11.0 Å². The highest BCUT2D eigenvalue weighted by atomic mass is 19.4. The summed E-state index contributed by atoms with van der Waals surface area (Å²) in [6.07, 6.45) is -2.25. The minimum absolute atomic E-state index is 0.00203. The number of hydrogen-bond donors (Lipinski definition) is 0. The second-order valence-electron chi connectivity index (χ2n) is 6.03. The number of rotatable bonds is 1. The van der Waals surface area contributed by atoms with Gasteiger partial charge in [-0.25, -0.2) is 4.98 Å². The van der Waals surface area contributed by atoms with Crippen LogP contribution in [0.2, 0.25) is 0 Å². The van der Waals surface area contributed by atoms with E-state index in [-0.39, 0.29) is 11.8 Å². The molecular formula is C17H14F3N3O. The Labute approximate surface area is 136 Å². The number of alkyl halides is 3. The number of benzene rings is 1.